The van der Waals surface area contributed by atoms with E-state index in [9.17, 15) is 4.79 Å². The Balaban J connectivity index is 1.60. The van der Waals surface area contributed by atoms with E-state index in [1.807, 2.05) is 24.8 Å². The minimum Gasteiger partial charge on any atom is -0.459 e. The Kier molecular flexibility index (Phi) is 4.59. The summed E-state index contributed by atoms with van der Waals surface area (Å²) >= 11 is 1.69. The summed E-state index contributed by atoms with van der Waals surface area (Å²) in [6, 6.07) is 1.84. The molecule has 1 fully saturated rings. The molecule has 0 bridgehead atoms. The average Bonchev–Trinajstić information content (AvgIpc) is 3.02. The van der Waals surface area contributed by atoms with Gasteiger partial charge in [-0.3, -0.25) is 9.69 Å². The molecular weight excluding hydrogens is 298 g/mol. The van der Waals surface area contributed by atoms with Gasteiger partial charge in [-0.1, -0.05) is 0 Å². The number of furan rings is 1. The van der Waals surface area contributed by atoms with Gasteiger partial charge >= 0.3 is 0 Å². The molecule has 0 radical (unpaired) electrons. The van der Waals surface area contributed by atoms with Crippen molar-refractivity contribution in [2.45, 2.75) is 26.8 Å². The van der Waals surface area contributed by atoms with Crippen molar-refractivity contribution >= 4 is 17.2 Å². The molecule has 3 rings (SSSR count). The SMILES string of the molecule is Cc1nc(CN2CCCN(C(=O)c3occc3C)CC2)cs1. The molecule has 1 amide bonds. The molecule has 0 unspecified atom stereocenters. The number of hydrogen-bond donors (Lipinski definition) is 0. The Bertz CT molecular complexity index is 649. The van der Waals surface area contributed by atoms with Gasteiger partial charge in [0.1, 0.15) is 0 Å². The zero-order valence-electron chi connectivity index (χ0n) is 13.0. The highest BCUT2D eigenvalue weighted by molar-refractivity contribution is 7.09. The van der Waals surface area contributed by atoms with Crippen molar-refractivity contribution in [2.24, 2.45) is 0 Å². The fourth-order valence-electron chi connectivity index (χ4n) is 2.78. The maximum Gasteiger partial charge on any atom is 0.289 e. The van der Waals surface area contributed by atoms with Crippen LogP contribution in [0.5, 0.6) is 0 Å². The van der Waals surface area contributed by atoms with Crippen LogP contribution in [0, 0.1) is 13.8 Å². The summed E-state index contributed by atoms with van der Waals surface area (Å²) in [6.07, 6.45) is 2.56. The summed E-state index contributed by atoms with van der Waals surface area (Å²) in [7, 11) is 0. The molecule has 0 aromatic carbocycles. The van der Waals surface area contributed by atoms with E-state index in [0.29, 0.717) is 5.76 Å². The van der Waals surface area contributed by atoms with Crippen LogP contribution in [0.2, 0.25) is 0 Å². The van der Waals surface area contributed by atoms with Crippen LogP contribution in [0.3, 0.4) is 0 Å². The van der Waals surface area contributed by atoms with E-state index < -0.39 is 0 Å². The molecule has 3 heterocycles. The van der Waals surface area contributed by atoms with Gasteiger partial charge in [-0.15, -0.1) is 11.3 Å². The lowest BCUT2D eigenvalue weighted by Crippen LogP contribution is -2.35. The number of hydrogen-bond acceptors (Lipinski definition) is 5. The summed E-state index contributed by atoms with van der Waals surface area (Å²) in [5.74, 6) is 0.484. The van der Waals surface area contributed by atoms with Crippen LogP contribution in [-0.4, -0.2) is 46.9 Å². The van der Waals surface area contributed by atoms with E-state index in [1.54, 1.807) is 17.6 Å². The number of carbonyl (C=O) groups excluding carboxylic acids is 1. The zero-order valence-corrected chi connectivity index (χ0v) is 13.9. The summed E-state index contributed by atoms with van der Waals surface area (Å²) < 4.78 is 5.33. The molecule has 0 N–H and O–H groups in total. The van der Waals surface area contributed by atoms with Crippen LogP contribution in [0.4, 0.5) is 0 Å². The number of aromatic nitrogens is 1. The minimum absolute atomic E-state index is 0.00820. The third-order valence-corrected chi connectivity index (χ3v) is 4.81. The van der Waals surface area contributed by atoms with Gasteiger partial charge in [0, 0.05) is 43.7 Å². The maximum atomic E-state index is 12.5. The predicted octanol–water partition coefficient (Wildman–Crippen LogP) is 2.70. The molecular formula is C16H21N3O2S. The molecule has 118 valence electrons. The number of thiazole rings is 1. The third-order valence-electron chi connectivity index (χ3n) is 3.98. The fraction of sp³-hybridized carbons (Fsp3) is 0.500. The summed E-state index contributed by atoms with van der Waals surface area (Å²) in [5.41, 5.74) is 2.04. The molecule has 22 heavy (non-hydrogen) atoms. The van der Waals surface area contributed by atoms with Gasteiger partial charge in [0.2, 0.25) is 0 Å². The predicted molar refractivity (Wildman–Crippen MR) is 86.1 cm³/mol. The first-order valence-electron chi connectivity index (χ1n) is 7.60. The van der Waals surface area contributed by atoms with E-state index in [2.05, 4.69) is 15.3 Å². The molecule has 5 nitrogen and oxygen atoms in total. The monoisotopic (exact) mass is 319 g/mol. The molecule has 1 saturated heterocycles. The first-order chi connectivity index (χ1) is 10.6. The van der Waals surface area contributed by atoms with E-state index in [-0.39, 0.29) is 5.91 Å². The van der Waals surface area contributed by atoms with Gasteiger partial charge in [-0.25, -0.2) is 4.98 Å². The molecule has 2 aromatic rings. The second kappa shape index (κ2) is 6.62. The number of carbonyl (C=O) groups is 1. The molecule has 0 spiro atoms. The highest BCUT2D eigenvalue weighted by atomic mass is 32.1. The van der Waals surface area contributed by atoms with E-state index in [1.165, 1.54) is 0 Å². The first-order valence-corrected chi connectivity index (χ1v) is 8.48. The van der Waals surface area contributed by atoms with Crippen LogP contribution >= 0.6 is 11.3 Å². The Morgan fingerprint density at radius 3 is 2.86 bits per heavy atom. The van der Waals surface area contributed by atoms with Crippen LogP contribution in [0.15, 0.2) is 22.1 Å². The van der Waals surface area contributed by atoms with Gasteiger partial charge in [-0.2, -0.15) is 0 Å². The fourth-order valence-corrected chi connectivity index (χ4v) is 3.38. The smallest absolute Gasteiger partial charge is 0.289 e. The topological polar surface area (TPSA) is 49.6 Å². The normalized spacial score (nSPS) is 16.7. The number of nitrogens with zero attached hydrogens (tertiary/aromatic N) is 3. The molecule has 2 aromatic heterocycles. The van der Waals surface area contributed by atoms with Crippen molar-refractivity contribution in [1.82, 2.24) is 14.8 Å². The Hall–Kier alpha value is -1.66. The van der Waals surface area contributed by atoms with Crippen molar-refractivity contribution in [3.63, 3.8) is 0 Å². The number of rotatable bonds is 3. The molecule has 1 aliphatic heterocycles. The molecule has 6 heteroatoms. The van der Waals surface area contributed by atoms with E-state index in [4.69, 9.17) is 4.42 Å². The number of amides is 1. The zero-order chi connectivity index (χ0) is 15.5. The lowest BCUT2D eigenvalue weighted by Gasteiger charge is -2.21. The molecule has 1 aliphatic rings. The lowest BCUT2D eigenvalue weighted by molar-refractivity contribution is 0.0728. The Labute approximate surface area is 134 Å². The van der Waals surface area contributed by atoms with Crippen LogP contribution < -0.4 is 0 Å². The summed E-state index contributed by atoms with van der Waals surface area (Å²) in [6.45, 7) is 8.20. The van der Waals surface area contributed by atoms with Gasteiger partial charge in [-0.05, 0) is 26.3 Å². The number of aryl methyl sites for hydroxylation is 2. The Morgan fingerprint density at radius 2 is 2.18 bits per heavy atom. The summed E-state index contributed by atoms with van der Waals surface area (Å²) in [5, 5.41) is 3.23. The van der Waals surface area contributed by atoms with Gasteiger partial charge < -0.3 is 9.32 Å². The average molecular weight is 319 g/mol. The van der Waals surface area contributed by atoms with Crippen molar-refractivity contribution in [3.05, 3.63) is 39.7 Å². The van der Waals surface area contributed by atoms with E-state index >= 15 is 0 Å². The van der Waals surface area contributed by atoms with Crippen molar-refractivity contribution in [3.8, 4) is 0 Å². The summed E-state index contributed by atoms with van der Waals surface area (Å²) in [4.78, 5) is 21.3. The maximum absolute atomic E-state index is 12.5. The van der Waals surface area contributed by atoms with Crippen LogP contribution in [0.25, 0.3) is 0 Å². The van der Waals surface area contributed by atoms with Crippen LogP contribution in [0.1, 0.15) is 33.2 Å². The van der Waals surface area contributed by atoms with Crippen molar-refractivity contribution < 1.29 is 9.21 Å². The van der Waals surface area contributed by atoms with Gasteiger partial charge in [0.05, 0.1) is 17.0 Å². The van der Waals surface area contributed by atoms with Crippen molar-refractivity contribution in [2.75, 3.05) is 26.2 Å². The van der Waals surface area contributed by atoms with Crippen molar-refractivity contribution in [1.29, 1.82) is 0 Å². The third kappa shape index (κ3) is 3.39. The molecule has 0 atom stereocenters. The quantitative estimate of drug-likeness (QED) is 0.873. The second-order valence-corrected chi connectivity index (χ2v) is 6.77. The molecule has 0 saturated carbocycles. The molecule has 0 aliphatic carbocycles. The van der Waals surface area contributed by atoms with E-state index in [0.717, 1.165) is 55.4 Å². The first kappa shape index (κ1) is 15.2. The second-order valence-electron chi connectivity index (χ2n) is 5.71. The minimum atomic E-state index is 0.00820. The largest absolute Gasteiger partial charge is 0.459 e. The highest BCUT2D eigenvalue weighted by Gasteiger charge is 2.23. The highest BCUT2D eigenvalue weighted by Crippen LogP contribution is 2.16. The lowest BCUT2D eigenvalue weighted by atomic mass is 10.2. The standard InChI is InChI=1S/C16H21N3O2S/c1-12-4-9-21-15(12)16(20)19-6-3-5-18(7-8-19)10-14-11-22-13(2)17-14/h4,9,11H,3,5-8,10H2,1-2H3. The Morgan fingerprint density at radius 1 is 1.32 bits per heavy atom. The van der Waals surface area contributed by atoms with Crippen LogP contribution in [-0.2, 0) is 6.54 Å². The van der Waals surface area contributed by atoms with Gasteiger partial charge in [0.15, 0.2) is 5.76 Å². The van der Waals surface area contributed by atoms with Gasteiger partial charge in [0.25, 0.3) is 5.91 Å².